The molecule has 3 aromatic rings. The fourth-order valence-electron chi connectivity index (χ4n) is 18.5. The lowest BCUT2D eigenvalue weighted by Crippen LogP contribution is -2.64. The summed E-state index contributed by atoms with van der Waals surface area (Å²) in [7, 11) is 0. The van der Waals surface area contributed by atoms with Gasteiger partial charge in [-0.1, -0.05) is 167 Å². The minimum atomic E-state index is -0.840. The minimum absolute atomic E-state index is 0.0375. The third-order valence-corrected chi connectivity index (χ3v) is 23.8. The molecule has 0 radical (unpaired) electrons. The van der Waals surface area contributed by atoms with Crippen molar-refractivity contribution in [3.05, 3.63) is 156 Å². The number of hydrogen-bond acceptors (Lipinski definition) is 16. The molecular weight excluding hydrogens is 1190 g/mol. The smallest absolute Gasteiger partial charge is 0.171 e. The molecule has 13 aliphatic heterocycles. The molecule has 1 unspecified atom stereocenters. The summed E-state index contributed by atoms with van der Waals surface area (Å²) in [5.41, 5.74) is 2.50. The van der Waals surface area contributed by atoms with Crippen LogP contribution in [0.2, 0.25) is 0 Å². The van der Waals surface area contributed by atoms with E-state index in [0.29, 0.717) is 78.0 Å². The Kier molecular flexibility index (Phi) is 19.2. The van der Waals surface area contributed by atoms with Crippen molar-refractivity contribution in [3.8, 4) is 0 Å². The standard InChI is InChI=1S/C78H100O16/c1-46-37-60-62(40-66-70(91-60)48(3)71(81-44-51-23-11-7-12-24-51)76-72(92-66)47(2)49(4)78(94-76)34-20-36-83-78)88-64-42-69-77(5,93-65(64)38-46)68(80-43-50-21-9-6-10-22-50)41-63-56(89-69)28-16-15-27-53-54(86-63)30-19-31-55-57(84-53)32-33-58-61(85-55)39-67-74(90-58)75(82-45-52-25-13-8-14-26-52)73-59(87-67)29-17-18-35-79-73/h6-19,21-26,30,32-33,46-49,53-76H,20,27-29,31,34-45H2,1-5H3/b16-15-,30-19-/t46-,47+,48-,49+,53-,54+,55-,56+,57+,58-,59+,60+,61+,62-,63-,64+,65-,66+,67-,68-,69-,70-,71+,72-,73+,74-,75-,76+,77+,78?/m1/s1. The van der Waals surface area contributed by atoms with Gasteiger partial charge in [-0.2, -0.15) is 0 Å². The molecule has 508 valence electrons. The molecule has 13 heterocycles. The zero-order valence-electron chi connectivity index (χ0n) is 55.5. The number of hydrogen-bond donors (Lipinski definition) is 0. The van der Waals surface area contributed by atoms with Crippen molar-refractivity contribution in [1.82, 2.24) is 0 Å². The van der Waals surface area contributed by atoms with Gasteiger partial charge in [-0.05, 0) is 80.4 Å². The third-order valence-electron chi connectivity index (χ3n) is 23.8. The molecule has 16 nitrogen and oxygen atoms in total. The summed E-state index contributed by atoms with van der Waals surface area (Å²) in [6, 6.07) is 31.2. The number of fused-ring (bicyclic) bond motifs is 11. The monoisotopic (exact) mass is 1290 g/mol. The normalized spacial score (nSPS) is 48.0. The Hall–Kier alpha value is -4.02. The maximum Gasteiger partial charge on any atom is 0.171 e. The highest BCUT2D eigenvalue weighted by Gasteiger charge is 2.63. The van der Waals surface area contributed by atoms with Crippen LogP contribution in [0.25, 0.3) is 0 Å². The summed E-state index contributed by atoms with van der Waals surface area (Å²) in [5, 5.41) is 0. The van der Waals surface area contributed by atoms with Crippen LogP contribution in [0.15, 0.2) is 140 Å². The van der Waals surface area contributed by atoms with Crippen molar-refractivity contribution < 1.29 is 75.8 Å². The fraction of sp³-hybridized carbons (Fsp3) is 0.667. The van der Waals surface area contributed by atoms with Crippen LogP contribution in [-0.2, 0) is 95.6 Å². The molecule has 1 spiro atoms. The summed E-state index contributed by atoms with van der Waals surface area (Å²) in [6.07, 6.45) is 19.5. The molecule has 16 rings (SSSR count). The Morgan fingerprint density at radius 2 is 0.979 bits per heavy atom. The second-order valence-corrected chi connectivity index (χ2v) is 29.9. The van der Waals surface area contributed by atoms with Gasteiger partial charge >= 0.3 is 0 Å². The van der Waals surface area contributed by atoms with E-state index in [0.717, 1.165) is 48.8 Å². The van der Waals surface area contributed by atoms with Crippen molar-refractivity contribution in [2.75, 3.05) is 13.2 Å². The topological polar surface area (TPSA) is 148 Å². The van der Waals surface area contributed by atoms with Crippen molar-refractivity contribution in [2.24, 2.45) is 23.7 Å². The summed E-state index contributed by atoms with van der Waals surface area (Å²) in [5.74, 6) is -0.153. The van der Waals surface area contributed by atoms with E-state index in [1.54, 1.807) is 0 Å². The molecule has 0 aliphatic carbocycles. The van der Waals surface area contributed by atoms with Gasteiger partial charge in [-0.15, -0.1) is 0 Å². The average molecular weight is 1290 g/mol. The number of ether oxygens (including phenoxy) is 16. The Morgan fingerprint density at radius 3 is 1.72 bits per heavy atom. The molecule has 0 bridgehead atoms. The highest BCUT2D eigenvalue weighted by molar-refractivity contribution is 5.19. The SMILES string of the molecule is C[C@@H]1C[C@@H]2O[C@@H]3[C@@H](C)[C@H](OCc4ccccc4)[C@@H]4OC5(CCCO5)[C@@H](C)[C@H](C)[C@H]4O[C@H]3C[C@H]2O[C@H]2C[C@H]3O[C@H]4C/C=C\C[C@H]5O[C@H]6C=C[C@H]7O[C@H]8[C@H](OCc9ccccc9)[C@H]9OCC=CC[C@@H]9O[C@@H]8C[C@@H]7O[C@@H]6C/C=C\[C@@H]5O[C@@H]4C[C@@H](OCc4ccccc4)[C@]3(C)O[C@@H]2C1. The Balaban J connectivity index is 0.638. The predicted octanol–water partition coefficient (Wildman–Crippen LogP) is 11.8. The van der Waals surface area contributed by atoms with Crippen LogP contribution < -0.4 is 0 Å². The first-order valence-electron chi connectivity index (χ1n) is 36.1. The van der Waals surface area contributed by atoms with Crippen LogP contribution >= 0.6 is 0 Å². The lowest BCUT2D eigenvalue weighted by Gasteiger charge is -2.53. The quantitative estimate of drug-likeness (QED) is 0.187. The van der Waals surface area contributed by atoms with E-state index < -0.39 is 11.4 Å². The maximum atomic E-state index is 7.70. The van der Waals surface area contributed by atoms with Gasteiger partial charge in [-0.3, -0.25) is 0 Å². The van der Waals surface area contributed by atoms with E-state index in [1.165, 1.54) is 0 Å². The van der Waals surface area contributed by atoms with Gasteiger partial charge in [0.25, 0.3) is 0 Å². The third kappa shape index (κ3) is 13.0. The first-order valence-corrected chi connectivity index (χ1v) is 36.1. The van der Waals surface area contributed by atoms with E-state index in [9.17, 15) is 0 Å². The van der Waals surface area contributed by atoms with Crippen LogP contribution in [0.4, 0.5) is 0 Å². The Labute approximate surface area is 555 Å². The second kappa shape index (κ2) is 27.9. The molecule has 9 fully saturated rings. The molecule has 16 heteroatoms. The van der Waals surface area contributed by atoms with Gasteiger partial charge in [0.2, 0.25) is 0 Å². The lowest BCUT2D eigenvalue weighted by molar-refractivity contribution is -0.342. The molecule has 0 amide bonds. The predicted molar refractivity (Wildman–Crippen MR) is 348 cm³/mol. The molecule has 3 aromatic carbocycles. The molecule has 0 N–H and O–H groups in total. The van der Waals surface area contributed by atoms with E-state index in [1.807, 2.05) is 18.2 Å². The Bertz CT molecular complexity index is 3110. The van der Waals surface area contributed by atoms with Crippen molar-refractivity contribution in [3.63, 3.8) is 0 Å². The average Bonchev–Trinajstić information content (AvgIpc) is 1.50. The van der Waals surface area contributed by atoms with Crippen molar-refractivity contribution >= 4 is 0 Å². The molecule has 94 heavy (non-hydrogen) atoms. The fourth-order valence-corrected chi connectivity index (χ4v) is 18.5. The van der Waals surface area contributed by atoms with Gasteiger partial charge in [0, 0.05) is 43.9 Å². The van der Waals surface area contributed by atoms with Gasteiger partial charge < -0.3 is 75.8 Å². The first-order chi connectivity index (χ1) is 46.0. The highest BCUT2D eigenvalue weighted by Crippen LogP contribution is 2.53. The molecule has 0 saturated carbocycles. The summed E-state index contributed by atoms with van der Waals surface area (Å²) in [4.78, 5) is 0. The van der Waals surface area contributed by atoms with Crippen LogP contribution in [-0.4, -0.2) is 171 Å². The van der Waals surface area contributed by atoms with E-state index >= 15 is 0 Å². The van der Waals surface area contributed by atoms with Gasteiger partial charge in [0.1, 0.15) is 48.3 Å². The minimum Gasteiger partial charge on any atom is -0.370 e. The molecule has 9 saturated heterocycles. The summed E-state index contributed by atoms with van der Waals surface area (Å²) >= 11 is 0. The largest absolute Gasteiger partial charge is 0.370 e. The van der Waals surface area contributed by atoms with Crippen LogP contribution in [0, 0.1) is 23.7 Å². The zero-order chi connectivity index (χ0) is 63.5. The number of rotatable bonds is 9. The molecule has 13 aliphatic rings. The van der Waals surface area contributed by atoms with Crippen molar-refractivity contribution in [1.29, 1.82) is 0 Å². The number of benzene rings is 3. The molecule has 0 aromatic heterocycles. The zero-order valence-corrected chi connectivity index (χ0v) is 55.5. The summed E-state index contributed by atoms with van der Waals surface area (Å²) < 4.78 is 115. The Morgan fingerprint density at radius 1 is 0.415 bits per heavy atom. The summed E-state index contributed by atoms with van der Waals surface area (Å²) in [6.45, 7) is 14.0. The van der Waals surface area contributed by atoms with Crippen LogP contribution in [0.3, 0.4) is 0 Å². The van der Waals surface area contributed by atoms with E-state index in [2.05, 4.69) is 156 Å². The van der Waals surface area contributed by atoms with Crippen LogP contribution in [0.5, 0.6) is 0 Å². The second-order valence-electron chi connectivity index (χ2n) is 29.9. The highest BCUT2D eigenvalue weighted by atomic mass is 16.7. The first kappa shape index (κ1) is 64.6. The maximum absolute atomic E-state index is 7.70. The van der Waals surface area contributed by atoms with Gasteiger partial charge in [0.05, 0.1) is 137 Å². The van der Waals surface area contributed by atoms with E-state index in [4.69, 9.17) is 75.8 Å². The molecular formula is C78H100O16. The molecule has 30 atom stereocenters. The van der Waals surface area contributed by atoms with Crippen LogP contribution in [0.1, 0.15) is 128 Å². The lowest BCUT2D eigenvalue weighted by atomic mass is 9.76. The van der Waals surface area contributed by atoms with Gasteiger partial charge in [-0.25, -0.2) is 0 Å². The van der Waals surface area contributed by atoms with Gasteiger partial charge in [0.15, 0.2) is 5.79 Å². The van der Waals surface area contributed by atoms with E-state index in [-0.39, 0.29) is 170 Å². The van der Waals surface area contributed by atoms with Crippen molar-refractivity contribution in [2.45, 2.75) is 289 Å².